The van der Waals surface area contributed by atoms with Gasteiger partial charge in [0.2, 0.25) is 5.78 Å². The third-order valence-corrected chi connectivity index (χ3v) is 5.49. The molecule has 0 radical (unpaired) electrons. The molecule has 0 fully saturated rings. The van der Waals surface area contributed by atoms with E-state index in [9.17, 15) is 4.79 Å². The SMILES string of the molecule is Cc1csc(C(=O)c2cc(Br)sc2C)c1Cl. The van der Waals surface area contributed by atoms with Gasteiger partial charge in [0, 0.05) is 10.4 Å². The third-order valence-electron chi connectivity index (χ3n) is 2.24. The zero-order chi connectivity index (χ0) is 11.9. The molecule has 0 unspecified atom stereocenters. The van der Waals surface area contributed by atoms with Gasteiger partial charge in [-0.15, -0.1) is 22.7 Å². The van der Waals surface area contributed by atoms with E-state index in [-0.39, 0.29) is 5.78 Å². The van der Waals surface area contributed by atoms with Crippen molar-refractivity contribution < 1.29 is 4.79 Å². The Bertz CT molecular complexity index is 552. The molecule has 84 valence electrons. The summed E-state index contributed by atoms with van der Waals surface area (Å²) in [5, 5.41) is 2.49. The molecule has 0 atom stereocenters. The molecule has 0 saturated carbocycles. The van der Waals surface area contributed by atoms with Gasteiger partial charge in [-0.05, 0) is 46.8 Å². The first-order valence-electron chi connectivity index (χ1n) is 4.55. The molecule has 2 heterocycles. The van der Waals surface area contributed by atoms with Crippen molar-refractivity contribution >= 4 is 56.0 Å². The van der Waals surface area contributed by atoms with Crippen LogP contribution in [0.25, 0.3) is 0 Å². The second-order valence-electron chi connectivity index (χ2n) is 3.41. The highest BCUT2D eigenvalue weighted by molar-refractivity contribution is 9.11. The van der Waals surface area contributed by atoms with Crippen molar-refractivity contribution in [1.29, 1.82) is 0 Å². The number of halogens is 2. The normalized spacial score (nSPS) is 10.8. The van der Waals surface area contributed by atoms with Crippen molar-refractivity contribution in [1.82, 2.24) is 0 Å². The molecule has 0 bridgehead atoms. The van der Waals surface area contributed by atoms with E-state index in [2.05, 4.69) is 15.9 Å². The van der Waals surface area contributed by atoms with Crippen LogP contribution in [-0.4, -0.2) is 5.78 Å². The molecule has 16 heavy (non-hydrogen) atoms. The van der Waals surface area contributed by atoms with E-state index in [1.807, 2.05) is 25.3 Å². The lowest BCUT2D eigenvalue weighted by molar-refractivity contribution is 0.104. The molecule has 0 spiro atoms. The van der Waals surface area contributed by atoms with Crippen LogP contribution in [-0.2, 0) is 0 Å². The number of carbonyl (C=O) groups excluding carboxylic acids is 1. The van der Waals surface area contributed by atoms with Gasteiger partial charge in [0.15, 0.2) is 0 Å². The molecule has 2 aromatic rings. The minimum atomic E-state index is 0.0163. The molecule has 2 rings (SSSR count). The molecule has 0 saturated heterocycles. The molecule has 0 amide bonds. The zero-order valence-corrected chi connectivity index (χ0v) is 12.6. The highest BCUT2D eigenvalue weighted by atomic mass is 79.9. The van der Waals surface area contributed by atoms with Crippen LogP contribution in [0.3, 0.4) is 0 Å². The van der Waals surface area contributed by atoms with E-state index in [0.29, 0.717) is 9.90 Å². The molecule has 0 aliphatic carbocycles. The van der Waals surface area contributed by atoms with Crippen LogP contribution < -0.4 is 0 Å². The average Bonchev–Trinajstić information content (AvgIpc) is 2.71. The highest BCUT2D eigenvalue weighted by Gasteiger charge is 2.19. The Hall–Kier alpha value is -0.160. The predicted octanol–water partition coefficient (Wildman–Crippen LogP) is 5.07. The number of carbonyl (C=O) groups is 1. The second kappa shape index (κ2) is 4.61. The molecule has 0 aromatic carbocycles. The molecule has 2 aromatic heterocycles. The summed E-state index contributed by atoms with van der Waals surface area (Å²) in [6, 6.07) is 1.85. The highest BCUT2D eigenvalue weighted by Crippen LogP contribution is 2.33. The van der Waals surface area contributed by atoms with Gasteiger partial charge < -0.3 is 0 Å². The van der Waals surface area contributed by atoms with Crippen molar-refractivity contribution in [3.8, 4) is 0 Å². The minimum absolute atomic E-state index is 0.0163. The van der Waals surface area contributed by atoms with Gasteiger partial charge in [-0.25, -0.2) is 0 Å². The third kappa shape index (κ3) is 2.12. The van der Waals surface area contributed by atoms with Crippen molar-refractivity contribution in [3.63, 3.8) is 0 Å². The number of rotatable bonds is 2. The number of hydrogen-bond donors (Lipinski definition) is 0. The van der Waals surface area contributed by atoms with Crippen LogP contribution in [0.5, 0.6) is 0 Å². The molecular weight excluding hydrogens is 328 g/mol. The maximum Gasteiger partial charge on any atom is 0.205 e. The fraction of sp³-hybridized carbons (Fsp3) is 0.182. The Morgan fingerprint density at radius 1 is 1.44 bits per heavy atom. The molecule has 0 aliphatic heterocycles. The number of aryl methyl sites for hydroxylation is 2. The van der Waals surface area contributed by atoms with Crippen LogP contribution in [0.2, 0.25) is 5.02 Å². The second-order valence-corrected chi connectivity index (χ2v) is 7.30. The Morgan fingerprint density at radius 3 is 2.56 bits per heavy atom. The van der Waals surface area contributed by atoms with Gasteiger partial charge in [0.25, 0.3) is 0 Å². The van der Waals surface area contributed by atoms with Gasteiger partial charge in [0.05, 0.1) is 13.7 Å². The first kappa shape index (κ1) is 12.3. The number of hydrogen-bond acceptors (Lipinski definition) is 3. The molecular formula is C11H8BrClOS2. The minimum Gasteiger partial charge on any atom is -0.288 e. The average molecular weight is 336 g/mol. The van der Waals surface area contributed by atoms with Crippen LogP contribution in [0.15, 0.2) is 15.2 Å². The first-order chi connectivity index (χ1) is 7.50. The number of ketones is 1. The summed E-state index contributed by atoms with van der Waals surface area (Å²) in [5.41, 5.74) is 1.70. The predicted molar refractivity (Wildman–Crippen MR) is 74.3 cm³/mol. The maximum absolute atomic E-state index is 12.2. The van der Waals surface area contributed by atoms with Crippen molar-refractivity contribution in [2.45, 2.75) is 13.8 Å². The lowest BCUT2D eigenvalue weighted by Gasteiger charge is -1.97. The smallest absolute Gasteiger partial charge is 0.205 e. The van der Waals surface area contributed by atoms with Crippen LogP contribution in [0.4, 0.5) is 0 Å². The topological polar surface area (TPSA) is 17.1 Å². The first-order valence-corrected chi connectivity index (χ1v) is 7.41. The zero-order valence-electron chi connectivity index (χ0n) is 8.64. The maximum atomic E-state index is 12.2. The van der Waals surface area contributed by atoms with E-state index in [1.165, 1.54) is 11.3 Å². The van der Waals surface area contributed by atoms with Crippen LogP contribution >= 0.6 is 50.2 Å². The van der Waals surface area contributed by atoms with E-state index in [4.69, 9.17) is 11.6 Å². The summed E-state index contributed by atoms with van der Waals surface area (Å²) < 4.78 is 0.970. The Labute approximate surface area is 115 Å². The van der Waals surface area contributed by atoms with E-state index >= 15 is 0 Å². The van der Waals surface area contributed by atoms with Gasteiger partial charge in [-0.1, -0.05) is 11.6 Å². The monoisotopic (exact) mass is 334 g/mol. The van der Waals surface area contributed by atoms with E-state index in [0.717, 1.165) is 19.8 Å². The Kier molecular flexibility index (Phi) is 3.54. The van der Waals surface area contributed by atoms with Gasteiger partial charge in [0.1, 0.15) is 0 Å². The molecule has 5 heteroatoms. The van der Waals surface area contributed by atoms with Gasteiger partial charge >= 0.3 is 0 Å². The fourth-order valence-corrected chi connectivity index (χ4v) is 4.30. The van der Waals surface area contributed by atoms with Crippen molar-refractivity contribution in [2.75, 3.05) is 0 Å². The van der Waals surface area contributed by atoms with Crippen LogP contribution in [0, 0.1) is 13.8 Å². The summed E-state index contributed by atoms with van der Waals surface area (Å²) in [5.74, 6) is 0.0163. The van der Waals surface area contributed by atoms with Crippen molar-refractivity contribution in [2.24, 2.45) is 0 Å². The quantitative estimate of drug-likeness (QED) is 0.700. The van der Waals surface area contributed by atoms with Gasteiger partial charge in [-0.3, -0.25) is 4.79 Å². The summed E-state index contributed by atoms with van der Waals surface area (Å²) in [7, 11) is 0. The molecule has 0 aliphatic rings. The summed E-state index contributed by atoms with van der Waals surface area (Å²) in [4.78, 5) is 13.9. The van der Waals surface area contributed by atoms with Crippen molar-refractivity contribution in [3.05, 3.63) is 41.1 Å². The molecule has 0 N–H and O–H groups in total. The standard InChI is InChI=1S/C11H8BrClOS2/c1-5-4-15-11(9(5)13)10(14)7-3-8(12)16-6(7)2/h3-4H,1-2H3. The Morgan fingerprint density at radius 2 is 2.12 bits per heavy atom. The summed E-state index contributed by atoms with van der Waals surface area (Å²) >= 11 is 12.4. The summed E-state index contributed by atoms with van der Waals surface area (Å²) in [6.07, 6.45) is 0. The van der Waals surface area contributed by atoms with Crippen LogP contribution in [0.1, 0.15) is 25.7 Å². The van der Waals surface area contributed by atoms with Gasteiger partial charge in [-0.2, -0.15) is 0 Å². The Balaban J connectivity index is 2.47. The summed E-state index contributed by atoms with van der Waals surface area (Å²) in [6.45, 7) is 3.85. The number of thiophene rings is 2. The molecule has 1 nitrogen and oxygen atoms in total. The largest absolute Gasteiger partial charge is 0.288 e. The lowest BCUT2D eigenvalue weighted by atomic mass is 10.1. The fourth-order valence-electron chi connectivity index (χ4n) is 1.38. The lowest BCUT2D eigenvalue weighted by Crippen LogP contribution is -1.99. The van der Waals surface area contributed by atoms with E-state index < -0.39 is 0 Å². The van der Waals surface area contributed by atoms with E-state index in [1.54, 1.807) is 11.3 Å².